The molecule has 2 aromatic carbocycles. The molecule has 0 spiro atoms. The van der Waals surface area contributed by atoms with Crippen LogP contribution in [0.1, 0.15) is 20.8 Å². The summed E-state index contributed by atoms with van der Waals surface area (Å²) in [5, 5.41) is 0. The molecule has 0 radical (unpaired) electrons. The van der Waals surface area contributed by atoms with Gasteiger partial charge in [0.05, 0.1) is 41.7 Å². The molecular formula is C29H24I2N2O6. The molecule has 1 saturated carbocycles. The van der Waals surface area contributed by atoms with Gasteiger partial charge >= 0.3 is 5.97 Å². The van der Waals surface area contributed by atoms with Crippen LogP contribution in [0.4, 0.5) is 11.4 Å². The molecule has 2 heterocycles. The van der Waals surface area contributed by atoms with Crippen LogP contribution >= 0.6 is 45.2 Å². The number of esters is 1. The number of halogens is 2. The molecular weight excluding hydrogens is 726 g/mol. The third-order valence-corrected chi connectivity index (χ3v) is 10.3. The summed E-state index contributed by atoms with van der Waals surface area (Å²) in [6, 6.07) is 14.1. The summed E-state index contributed by atoms with van der Waals surface area (Å²) in [7, 11) is 0. The summed E-state index contributed by atoms with van der Waals surface area (Å²) in [6.07, 6.45) is 0. The maximum atomic E-state index is 14.1. The third-order valence-electron chi connectivity index (χ3n) is 8.85. The summed E-state index contributed by atoms with van der Waals surface area (Å²) in [6.45, 7) is 5.23. The van der Waals surface area contributed by atoms with Crippen molar-refractivity contribution in [1.29, 1.82) is 0 Å². The van der Waals surface area contributed by atoms with Gasteiger partial charge in [-0.25, -0.2) is 4.79 Å². The number of carbonyl (C=O) groups excluding carboxylic acids is 5. The van der Waals surface area contributed by atoms with Gasteiger partial charge in [0, 0.05) is 24.0 Å². The molecule has 7 rings (SSSR count). The van der Waals surface area contributed by atoms with Gasteiger partial charge in [0.2, 0.25) is 23.6 Å². The normalized spacial score (nSPS) is 31.3. The van der Waals surface area contributed by atoms with Crippen molar-refractivity contribution in [2.45, 2.75) is 20.8 Å². The molecule has 4 atom stereocenters. The molecule has 2 aromatic rings. The highest BCUT2D eigenvalue weighted by Crippen LogP contribution is 2.68. The van der Waals surface area contributed by atoms with E-state index in [-0.39, 0.29) is 12.2 Å². The first-order valence-corrected chi connectivity index (χ1v) is 14.8. The molecule has 2 bridgehead atoms. The number of ether oxygens (including phenoxy) is 1. The molecule has 4 unspecified atom stereocenters. The second-order valence-corrected chi connectivity index (χ2v) is 13.1. The first-order chi connectivity index (χ1) is 18.5. The number of carbonyl (C=O) groups is 5. The van der Waals surface area contributed by atoms with Crippen LogP contribution in [0.25, 0.3) is 0 Å². The number of imide groups is 2. The second kappa shape index (κ2) is 9.22. The molecule has 0 N–H and O–H groups in total. The van der Waals surface area contributed by atoms with Crippen LogP contribution in [-0.2, 0) is 28.7 Å². The molecule has 2 saturated heterocycles. The quantitative estimate of drug-likeness (QED) is 0.262. The van der Waals surface area contributed by atoms with Gasteiger partial charge in [-0.1, -0.05) is 12.5 Å². The summed E-state index contributed by atoms with van der Waals surface area (Å²) in [5.74, 6) is -6.81. The predicted molar refractivity (Wildman–Crippen MR) is 158 cm³/mol. The van der Waals surface area contributed by atoms with Gasteiger partial charge < -0.3 is 4.74 Å². The third kappa shape index (κ3) is 3.49. The second-order valence-electron chi connectivity index (χ2n) is 10.6. The first kappa shape index (κ1) is 26.6. The summed E-state index contributed by atoms with van der Waals surface area (Å²) >= 11 is 4.29. The lowest BCUT2D eigenvalue weighted by Crippen LogP contribution is -2.61. The van der Waals surface area contributed by atoms with Crippen molar-refractivity contribution < 1.29 is 28.7 Å². The van der Waals surface area contributed by atoms with Crippen LogP contribution < -0.4 is 9.80 Å². The van der Waals surface area contributed by atoms with E-state index >= 15 is 0 Å². The molecule has 4 amide bonds. The van der Waals surface area contributed by atoms with E-state index in [4.69, 9.17) is 4.74 Å². The lowest BCUT2D eigenvalue weighted by Gasteiger charge is -2.55. The Morgan fingerprint density at radius 1 is 0.769 bits per heavy atom. The lowest BCUT2D eigenvalue weighted by atomic mass is 9.43. The number of rotatable bonds is 4. The fourth-order valence-corrected chi connectivity index (χ4v) is 8.22. The minimum atomic E-state index is -1.41. The zero-order valence-corrected chi connectivity index (χ0v) is 25.6. The number of hydrogen-bond donors (Lipinski definition) is 0. The number of amides is 4. The van der Waals surface area contributed by atoms with Gasteiger partial charge in [0.1, 0.15) is 0 Å². The van der Waals surface area contributed by atoms with Crippen LogP contribution in [0.2, 0.25) is 0 Å². The average molecular weight is 750 g/mol. The van der Waals surface area contributed by atoms with Gasteiger partial charge in [-0.2, -0.15) is 0 Å². The smallest absolute Gasteiger partial charge is 0.334 e. The summed E-state index contributed by atoms with van der Waals surface area (Å²) in [5.41, 5.74) is 0.251. The van der Waals surface area contributed by atoms with Gasteiger partial charge in [-0.05, 0) is 108 Å². The highest BCUT2D eigenvalue weighted by Gasteiger charge is 2.77. The highest BCUT2D eigenvalue weighted by atomic mass is 127. The Bertz CT molecular complexity index is 1410. The Hall–Kier alpha value is -2.61. The van der Waals surface area contributed by atoms with E-state index in [1.807, 2.05) is 24.3 Å². The van der Waals surface area contributed by atoms with Crippen molar-refractivity contribution in [1.82, 2.24) is 0 Å². The maximum absolute atomic E-state index is 14.1. The fraction of sp³-hybridized carbons (Fsp3) is 0.345. The monoisotopic (exact) mass is 750 g/mol. The van der Waals surface area contributed by atoms with E-state index in [0.717, 1.165) is 7.14 Å². The summed E-state index contributed by atoms with van der Waals surface area (Å²) in [4.78, 5) is 72.1. The van der Waals surface area contributed by atoms with Gasteiger partial charge in [0.25, 0.3) is 0 Å². The molecule has 2 aliphatic heterocycles. The number of allylic oxidation sites excluding steroid dienone is 1. The Kier molecular flexibility index (Phi) is 6.29. The fourth-order valence-electron chi connectivity index (χ4n) is 7.50. The molecule has 3 aliphatic carbocycles. The van der Waals surface area contributed by atoms with E-state index in [0.29, 0.717) is 16.9 Å². The number of benzene rings is 2. The van der Waals surface area contributed by atoms with Crippen molar-refractivity contribution in [3.63, 3.8) is 0 Å². The Labute approximate surface area is 252 Å². The first-order valence-electron chi connectivity index (χ1n) is 12.7. The van der Waals surface area contributed by atoms with Crippen LogP contribution in [-0.4, -0.2) is 36.2 Å². The number of nitrogens with zero attached hydrogens (tertiary/aromatic N) is 2. The van der Waals surface area contributed by atoms with E-state index in [2.05, 4.69) is 45.2 Å². The zero-order chi connectivity index (χ0) is 28.0. The van der Waals surface area contributed by atoms with Crippen molar-refractivity contribution in [2.24, 2.45) is 35.0 Å². The lowest BCUT2D eigenvalue weighted by molar-refractivity contribution is -0.155. The van der Waals surface area contributed by atoms with Gasteiger partial charge in [-0.15, -0.1) is 0 Å². The van der Waals surface area contributed by atoms with E-state index in [9.17, 15) is 24.0 Å². The summed E-state index contributed by atoms with van der Waals surface area (Å²) < 4.78 is 7.32. The van der Waals surface area contributed by atoms with Crippen LogP contribution in [0.3, 0.4) is 0 Å². The molecule has 39 heavy (non-hydrogen) atoms. The minimum Gasteiger partial charge on any atom is -0.463 e. The van der Waals surface area contributed by atoms with Crippen molar-refractivity contribution in [2.75, 3.05) is 16.4 Å². The van der Waals surface area contributed by atoms with Crippen LogP contribution in [0.5, 0.6) is 0 Å². The standard InChI is InChI=1S/C29H24I2N2O6/c1-4-39-28(38)21-13(2)18-19-22(26(36)32(24(19)34)16-9-5-14(30)6-10-16)29(21,3)23-20(18)25(35)33(27(23)37)17-11-7-15(31)8-12-17/h5-12,18-20,22-23H,4H2,1-3H3. The Morgan fingerprint density at radius 3 is 1.56 bits per heavy atom. The minimum absolute atomic E-state index is 0.113. The average Bonchev–Trinajstić information content (AvgIpc) is 3.32. The Morgan fingerprint density at radius 2 is 1.18 bits per heavy atom. The molecule has 3 fully saturated rings. The van der Waals surface area contributed by atoms with Crippen molar-refractivity contribution in [3.05, 3.63) is 66.8 Å². The van der Waals surface area contributed by atoms with Gasteiger partial charge in [0.15, 0.2) is 0 Å². The number of anilines is 2. The predicted octanol–water partition coefficient (Wildman–Crippen LogP) is 4.34. The van der Waals surface area contributed by atoms with Gasteiger partial charge in [-0.3, -0.25) is 29.0 Å². The number of hydrogen-bond acceptors (Lipinski definition) is 6. The Balaban J connectivity index is 1.54. The molecule has 10 heteroatoms. The van der Waals surface area contributed by atoms with E-state index in [1.54, 1.807) is 45.0 Å². The SMILES string of the molecule is CCOC(=O)C1=C(C)C2C3C(=O)N(c4ccc(I)cc4)C(=O)C3C1(C)C1C(=O)N(c3ccc(I)cc3)C(=O)C21. The van der Waals surface area contributed by atoms with Crippen LogP contribution in [0, 0.1) is 42.1 Å². The maximum Gasteiger partial charge on any atom is 0.334 e. The molecule has 8 nitrogen and oxygen atoms in total. The molecule has 0 aromatic heterocycles. The molecule has 200 valence electrons. The highest BCUT2D eigenvalue weighted by molar-refractivity contribution is 14.1. The van der Waals surface area contributed by atoms with Crippen LogP contribution in [0.15, 0.2) is 59.7 Å². The largest absolute Gasteiger partial charge is 0.463 e. The van der Waals surface area contributed by atoms with E-state index < -0.39 is 64.6 Å². The zero-order valence-electron chi connectivity index (χ0n) is 21.3. The van der Waals surface area contributed by atoms with Crippen molar-refractivity contribution in [3.8, 4) is 0 Å². The molecule has 5 aliphatic rings. The van der Waals surface area contributed by atoms with Crippen molar-refractivity contribution >= 4 is 86.2 Å². The topological polar surface area (TPSA) is 101 Å². The van der Waals surface area contributed by atoms with E-state index in [1.165, 1.54) is 9.80 Å².